The zero-order chi connectivity index (χ0) is 19.2. The first-order chi connectivity index (χ1) is 11.5. The molecule has 10 heteroatoms. The molecule has 0 aliphatic heterocycles. The van der Waals surface area contributed by atoms with Crippen LogP contribution in [0.25, 0.3) is 0 Å². The molecule has 0 radical (unpaired) electrons. The van der Waals surface area contributed by atoms with Gasteiger partial charge in [-0.2, -0.15) is 0 Å². The van der Waals surface area contributed by atoms with Crippen molar-refractivity contribution in [2.75, 3.05) is 11.1 Å². The summed E-state index contributed by atoms with van der Waals surface area (Å²) in [6.07, 6.45) is 0. The minimum Gasteiger partial charge on any atom is -0.478 e. The van der Waals surface area contributed by atoms with E-state index in [-0.39, 0.29) is 21.4 Å². The molecule has 0 aromatic heterocycles. The van der Waals surface area contributed by atoms with Gasteiger partial charge in [-0.15, -0.1) is 0 Å². The van der Waals surface area contributed by atoms with Crippen LogP contribution < -0.4 is 15.4 Å². The van der Waals surface area contributed by atoms with Gasteiger partial charge in [0, 0.05) is 5.69 Å². The molecule has 2 aromatic rings. The number of nitrogens with two attached hydrogens (primary N) is 1. The molecule has 0 heterocycles. The van der Waals surface area contributed by atoms with Crippen LogP contribution >= 0.6 is 0 Å². The van der Waals surface area contributed by atoms with Crippen molar-refractivity contribution in [3.05, 3.63) is 48.0 Å². The Balaban J connectivity index is 0.000000271. The molecule has 0 spiro atoms. The Kier molecular flexibility index (Phi) is 6.81. The molecule has 0 saturated heterocycles. The second-order valence-corrected chi connectivity index (χ2v) is 8.19. The van der Waals surface area contributed by atoms with E-state index in [1.54, 1.807) is 18.2 Å². The van der Waals surface area contributed by atoms with Gasteiger partial charge >= 0.3 is 94.1 Å². The van der Waals surface area contributed by atoms with E-state index in [9.17, 15) is 18.4 Å². The summed E-state index contributed by atoms with van der Waals surface area (Å²) in [7, 11) is 0. The molecule has 0 aliphatic carbocycles. The average molecular weight is 412 g/mol. The van der Waals surface area contributed by atoms with Crippen LogP contribution in [-0.4, -0.2) is 44.5 Å². The number of carboxylic acid groups (broad SMARTS) is 1. The third-order valence-electron chi connectivity index (χ3n) is 2.82. The predicted octanol–water partition coefficient (Wildman–Crippen LogP) is -0.121. The van der Waals surface area contributed by atoms with Gasteiger partial charge in [0.15, 0.2) is 0 Å². The van der Waals surface area contributed by atoms with Crippen LogP contribution in [0.3, 0.4) is 0 Å². The van der Waals surface area contributed by atoms with Crippen LogP contribution in [-0.2, 0) is 8.53 Å². The monoisotopic (exact) mass is 412 g/mol. The van der Waals surface area contributed by atoms with Gasteiger partial charge in [-0.25, -0.2) is 4.79 Å². The Morgan fingerprint density at radius 1 is 1.12 bits per heavy atom. The number of aromatic carboxylic acids is 1. The normalized spacial score (nSPS) is 10.4. The van der Waals surface area contributed by atoms with Gasteiger partial charge in [0.05, 0.1) is 5.56 Å². The van der Waals surface area contributed by atoms with Crippen molar-refractivity contribution < 1.29 is 31.7 Å². The van der Waals surface area contributed by atoms with Crippen LogP contribution in [0.1, 0.15) is 17.3 Å². The Morgan fingerprint density at radius 3 is 2.16 bits per heavy atom. The SMILES string of the molecule is CC(=O)Nc1cc([As](=O)(O)O)ccc1O.Nc1ccccc1C(=O)O. The number of rotatable bonds is 3. The molecule has 0 atom stereocenters. The maximum atomic E-state index is 10.9. The smallest absolute Gasteiger partial charge is 0.337 e. The Labute approximate surface area is 145 Å². The fourth-order valence-corrected chi connectivity index (χ4v) is 2.87. The average Bonchev–Trinajstić information content (AvgIpc) is 2.48. The second kappa shape index (κ2) is 8.38. The summed E-state index contributed by atoms with van der Waals surface area (Å²) in [5, 5.41) is 20.0. The van der Waals surface area contributed by atoms with Gasteiger partial charge in [-0.1, -0.05) is 12.1 Å². The minimum atomic E-state index is -4.98. The Bertz CT molecular complexity index is 832. The van der Waals surface area contributed by atoms with E-state index in [2.05, 4.69) is 5.32 Å². The largest absolute Gasteiger partial charge is 0.478 e. The maximum Gasteiger partial charge on any atom is 0.337 e. The number of nitrogen functional groups attached to an aromatic ring is 1. The number of hydrogen-bond donors (Lipinski definition) is 6. The molecule has 0 bridgehead atoms. The molecule has 0 saturated carbocycles. The van der Waals surface area contributed by atoms with Crippen molar-refractivity contribution in [1.82, 2.24) is 0 Å². The van der Waals surface area contributed by atoms with E-state index in [0.717, 1.165) is 18.2 Å². The summed E-state index contributed by atoms with van der Waals surface area (Å²) < 4.78 is 28.6. The molecule has 7 N–H and O–H groups in total. The molecular formula is C15H17AsN2O7. The van der Waals surface area contributed by atoms with Crippen molar-refractivity contribution in [2.45, 2.75) is 6.92 Å². The van der Waals surface area contributed by atoms with Crippen molar-refractivity contribution in [3.63, 3.8) is 0 Å². The summed E-state index contributed by atoms with van der Waals surface area (Å²) >= 11 is -4.98. The number of aromatic hydroxyl groups is 1. The Morgan fingerprint density at radius 2 is 1.72 bits per heavy atom. The molecule has 0 fully saturated rings. The minimum absolute atomic E-state index is 0.00951. The number of nitrogens with one attached hydrogen (secondary N) is 1. The summed E-state index contributed by atoms with van der Waals surface area (Å²) in [6.45, 7) is 1.23. The molecule has 134 valence electrons. The second-order valence-electron chi connectivity index (χ2n) is 4.82. The molecule has 2 aromatic carbocycles. The first-order valence-corrected chi connectivity index (χ1v) is 10.1. The summed E-state index contributed by atoms with van der Waals surface area (Å²) in [5.41, 5.74) is 5.79. The fourth-order valence-electron chi connectivity index (χ4n) is 1.69. The number of para-hydroxylation sites is 1. The van der Waals surface area contributed by atoms with E-state index in [1.807, 2.05) is 0 Å². The molecule has 1 amide bonds. The number of anilines is 2. The summed E-state index contributed by atoms with van der Waals surface area (Å²) in [4.78, 5) is 21.1. The zero-order valence-corrected chi connectivity index (χ0v) is 15.0. The Hall–Kier alpha value is -2.74. The van der Waals surface area contributed by atoms with Gasteiger partial charge in [-0.05, 0) is 12.1 Å². The first-order valence-electron chi connectivity index (χ1n) is 6.77. The number of carboxylic acids is 1. The van der Waals surface area contributed by atoms with Gasteiger partial charge in [0.2, 0.25) is 0 Å². The topological polar surface area (TPSA) is 170 Å². The van der Waals surface area contributed by atoms with Crippen LogP contribution in [0.4, 0.5) is 11.4 Å². The molecule has 0 aliphatic rings. The van der Waals surface area contributed by atoms with Crippen LogP contribution in [0, 0.1) is 0 Å². The van der Waals surface area contributed by atoms with Gasteiger partial charge < -0.3 is 10.8 Å². The van der Waals surface area contributed by atoms with Gasteiger partial charge in [0.1, 0.15) is 0 Å². The van der Waals surface area contributed by atoms with Gasteiger partial charge in [-0.3, -0.25) is 0 Å². The van der Waals surface area contributed by atoms with E-state index in [4.69, 9.17) is 19.0 Å². The number of benzene rings is 2. The predicted molar refractivity (Wildman–Crippen MR) is 90.7 cm³/mol. The van der Waals surface area contributed by atoms with Crippen molar-refractivity contribution in [3.8, 4) is 5.75 Å². The molecule has 25 heavy (non-hydrogen) atoms. The van der Waals surface area contributed by atoms with Crippen LogP contribution in [0.15, 0.2) is 42.5 Å². The number of amides is 1. The van der Waals surface area contributed by atoms with Gasteiger partial charge in [0.25, 0.3) is 0 Å². The van der Waals surface area contributed by atoms with Crippen molar-refractivity contribution in [1.29, 1.82) is 0 Å². The van der Waals surface area contributed by atoms with Crippen LogP contribution in [0.5, 0.6) is 5.75 Å². The van der Waals surface area contributed by atoms with E-state index < -0.39 is 26.0 Å². The van der Waals surface area contributed by atoms with Crippen LogP contribution in [0.2, 0.25) is 0 Å². The summed E-state index contributed by atoms with van der Waals surface area (Å²) in [6, 6.07) is 9.68. The molecule has 0 unspecified atom stereocenters. The molecule has 9 nitrogen and oxygen atoms in total. The maximum absolute atomic E-state index is 10.9. The summed E-state index contributed by atoms with van der Waals surface area (Å²) in [5.74, 6) is -1.66. The number of hydrogen-bond acceptors (Lipinski definition) is 5. The standard InChI is InChI=1S/C8H10AsNO5.C7H7NO2/c1-5(11)10-7-4-6(9(13,14)15)2-3-8(7)12;8-6-4-2-1-3-5(6)7(9)10/h2-4,12H,1H3,(H,10,11)(H2,13,14,15);1-4H,8H2,(H,9,10). The van der Waals surface area contributed by atoms with E-state index in [0.29, 0.717) is 5.69 Å². The molecule has 2 rings (SSSR count). The zero-order valence-electron chi connectivity index (χ0n) is 13.1. The van der Waals surface area contributed by atoms with Crippen molar-refractivity contribution in [2.24, 2.45) is 0 Å². The fraction of sp³-hybridized carbons (Fsp3) is 0.0667. The third-order valence-corrected chi connectivity index (χ3v) is 4.81. The number of carbonyl (C=O) groups is 2. The number of phenolic OH excluding ortho intramolecular Hbond substituents is 1. The van der Waals surface area contributed by atoms with E-state index >= 15 is 0 Å². The molecular weight excluding hydrogens is 395 g/mol. The third kappa shape index (κ3) is 6.34. The quantitative estimate of drug-likeness (QED) is 0.230. The first kappa shape index (κ1) is 20.3. The van der Waals surface area contributed by atoms with Crippen molar-refractivity contribution >= 4 is 41.8 Å². The van der Waals surface area contributed by atoms with E-state index in [1.165, 1.54) is 13.0 Å². The number of phenols is 1. The number of carbonyl (C=O) groups excluding carboxylic acids is 1.